The van der Waals surface area contributed by atoms with Crippen LogP contribution in [0.25, 0.3) is 0 Å². The third kappa shape index (κ3) is 63.3. The van der Waals surface area contributed by atoms with Gasteiger partial charge in [0.05, 0.1) is 39.9 Å². The number of nitrogens with zero attached hydrogens (tertiary/aromatic N) is 1. The summed E-state index contributed by atoms with van der Waals surface area (Å²) in [6.45, 7) is 4.63. The average molecular weight is 1140 g/mol. The molecule has 0 heterocycles. The quantitative estimate of drug-likeness (QED) is 0.0243. The lowest BCUT2D eigenvalue weighted by Crippen LogP contribution is -2.45. The second-order valence-electron chi connectivity index (χ2n) is 22.0. The summed E-state index contributed by atoms with van der Waals surface area (Å²) in [7, 11) is 1.50. The molecule has 0 aromatic carbocycles. The van der Waals surface area contributed by atoms with Gasteiger partial charge in [-0.05, 0) is 128 Å². The minimum Gasteiger partial charge on any atom is -0.387 e. The maximum absolute atomic E-state index is 13.0. The molecule has 0 radical (unpaired) electrons. The molecular formula is C72H120N2O6P+. The number of carbonyl (C=O) groups is 1. The normalized spacial score (nSPS) is 14.9. The number of aliphatic hydroxyl groups excluding tert-OH is 1. The molecule has 0 rings (SSSR count). The second kappa shape index (κ2) is 60.5. The molecule has 458 valence electrons. The van der Waals surface area contributed by atoms with E-state index in [2.05, 4.69) is 177 Å². The number of likely N-dealkylation sites (N-methyl/N-ethyl adjacent to an activating group) is 1. The summed E-state index contributed by atoms with van der Waals surface area (Å²) in [5.41, 5.74) is 0. The summed E-state index contributed by atoms with van der Waals surface area (Å²) < 4.78 is 23.7. The van der Waals surface area contributed by atoms with Crippen molar-refractivity contribution in [3.05, 3.63) is 170 Å². The molecule has 1 amide bonds. The first-order valence-corrected chi connectivity index (χ1v) is 33.5. The van der Waals surface area contributed by atoms with Gasteiger partial charge in [-0.3, -0.25) is 13.8 Å². The molecule has 3 N–H and O–H groups in total. The Bertz CT molecular complexity index is 1920. The Morgan fingerprint density at radius 2 is 0.753 bits per heavy atom. The van der Waals surface area contributed by atoms with Gasteiger partial charge in [-0.15, -0.1) is 0 Å². The zero-order valence-corrected chi connectivity index (χ0v) is 53.1. The van der Waals surface area contributed by atoms with Crippen LogP contribution in [0.4, 0.5) is 0 Å². The van der Waals surface area contributed by atoms with Crippen LogP contribution < -0.4 is 5.32 Å². The fourth-order valence-corrected chi connectivity index (χ4v) is 8.93. The number of quaternary nitrogens is 1. The topological polar surface area (TPSA) is 105 Å². The standard InChI is InChI=1S/C72H119N2O6P/c1-6-8-10-12-14-16-18-20-22-24-26-28-30-31-32-33-34-35-36-37-38-39-40-41-42-43-44-46-48-50-52-54-56-58-60-62-64-66-72(76)73-70(69-80-81(77,78)79-68-67-74(3,4)5)71(75)65-63-61-59-57-55-53-51-49-47-45-29-27-25-23-21-19-17-15-13-11-9-7-2/h8,10,14,16,20,22,26,28,31-32,34-35,37-38,40-41,43-44,47-50,54-57,63,65,70-71,75H,6-7,9,11-13,15,17-19,21,23-25,27,29-30,33,36,39,42,45-46,51-53,58-62,64,66-69H2,1-5H3,(H-,73,76,77,78)/p+1/b10-8-,16-14-,22-20-,28-26-,32-31-,35-34-,38-37-,41-40-,44-43-,49-47+,50-48-,56-54-,57-55+,65-63+. The second-order valence-corrected chi connectivity index (χ2v) is 23.5. The van der Waals surface area contributed by atoms with E-state index in [1.807, 2.05) is 27.2 Å². The van der Waals surface area contributed by atoms with E-state index in [1.165, 1.54) is 83.5 Å². The van der Waals surface area contributed by atoms with Gasteiger partial charge in [-0.25, -0.2) is 4.57 Å². The van der Waals surface area contributed by atoms with Crippen molar-refractivity contribution in [3.63, 3.8) is 0 Å². The summed E-state index contributed by atoms with van der Waals surface area (Å²) in [6, 6.07) is -0.902. The minimum absolute atomic E-state index is 0.0370. The Morgan fingerprint density at radius 3 is 1.14 bits per heavy atom. The van der Waals surface area contributed by atoms with E-state index >= 15 is 0 Å². The predicted molar refractivity (Wildman–Crippen MR) is 354 cm³/mol. The van der Waals surface area contributed by atoms with Gasteiger partial charge in [0.25, 0.3) is 0 Å². The molecule has 8 nitrogen and oxygen atoms in total. The largest absolute Gasteiger partial charge is 0.472 e. The lowest BCUT2D eigenvalue weighted by molar-refractivity contribution is -0.870. The first-order chi connectivity index (χ1) is 39.5. The fourth-order valence-electron chi connectivity index (χ4n) is 8.19. The zero-order valence-electron chi connectivity index (χ0n) is 52.2. The van der Waals surface area contributed by atoms with Crippen molar-refractivity contribution >= 4 is 13.7 Å². The molecule has 3 unspecified atom stereocenters. The van der Waals surface area contributed by atoms with Crippen LogP contribution in [0.5, 0.6) is 0 Å². The molecule has 0 aromatic heterocycles. The van der Waals surface area contributed by atoms with Crippen molar-refractivity contribution in [2.75, 3.05) is 40.9 Å². The van der Waals surface area contributed by atoms with Crippen LogP contribution in [0.2, 0.25) is 0 Å². The van der Waals surface area contributed by atoms with Crippen LogP contribution in [-0.2, 0) is 18.4 Å². The van der Waals surface area contributed by atoms with Crippen molar-refractivity contribution in [3.8, 4) is 0 Å². The molecule has 0 spiro atoms. The summed E-state index contributed by atoms with van der Waals surface area (Å²) in [5.74, 6) is -0.229. The number of amides is 1. The maximum Gasteiger partial charge on any atom is 0.472 e. The van der Waals surface area contributed by atoms with E-state index in [0.29, 0.717) is 23.9 Å². The highest BCUT2D eigenvalue weighted by Crippen LogP contribution is 2.43. The zero-order chi connectivity index (χ0) is 59.1. The van der Waals surface area contributed by atoms with Crippen LogP contribution in [0.3, 0.4) is 0 Å². The number of unbranched alkanes of at least 4 members (excludes halogenated alkanes) is 17. The Balaban J connectivity index is 4.34. The number of phosphoric ester groups is 1. The molecule has 0 aliphatic heterocycles. The van der Waals surface area contributed by atoms with Crippen molar-refractivity contribution in [1.29, 1.82) is 0 Å². The smallest absolute Gasteiger partial charge is 0.387 e. The Kier molecular flexibility index (Phi) is 57.4. The van der Waals surface area contributed by atoms with E-state index in [-0.39, 0.29) is 19.1 Å². The van der Waals surface area contributed by atoms with Crippen molar-refractivity contribution in [2.24, 2.45) is 0 Å². The number of phosphoric acid groups is 1. The molecule has 0 saturated heterocycles. The summed E-state index contributed by atoms with van der Waals surface area (Å²) in [6.07, 6.45) is 96.2. The van der Waals surface area contributed by atoms with Gasteiger partial charge in [0.2, 0.25) is 5.91 Å². The molecule has 0 aliphatic rings. The van der Waals surface area contributed by atoms with Crippen LogP contribution >= 0.6 is 7.82 Å². The predicted octanol–water partition coefficient (Wildman–Crippen LogP) is 20.4. The number of aliphatic hydroxyl groups is 1. The third-order valence-electron chi connectivity index (χ3n) is 13.1. The van der Waals surface area contributed by atoms with Gasteiger partial charge in [0.1, 0.15) is 13.2 Å². The number of nitrogens with one attached hydrogen (secondary N) is 1. The number of rotatable bonds is 56. The van der Waals surface area contributed by atoms with Gasteiger partial charge in [-0.1, -0.05) is 261 Å². The Hall–Kier alpha value is -4.14. The number of carbonyl (C=O) groups excluding carboxylic acids is 1. The van der Waals surface area contributed by atoms with Gasteiger partial charge in [0, 0.05) is 6.42 Å². The van der Waals surface area contributed by atoms with E-state index in [4.69, 9.17) is 9.05 Å². The number of hydrogen-bond acceptors (Lipinski definition) is 5. The average Bonchev–Trinajstić information content (AvgIpc) is 3.43. The van der Waals surface area contributed by atoms with E-state index in [1.54, 1.807) is 6.08 Å². The Morgan fingerprint density at radius 1 is 0.432 bits per heavy atom. The van der Waals surface area contributed by atoms with Crippen LogP contribution in [0, 0.1) is 0 Å². The molecule has 9 heteroatoms. The Labute approximate surface area is 498 Å². The molecule has 0 fully saturated rings. The highest BCUT2D eigenvalue weighted by atomic mass is 31.2. The molecule has 3 atom stereocenters. The van der Waals surface area contributed by atoms with Crippen molar-refractivity contribution in [1.82, 2.24) is 5.32 Å². The molecule has 81 heavy (non-hydrogen) atoms. The van der Waals surface area contributed by atoms with Gasteiger partial charge < -0.3 is 19.8 Å². The number of hydrogen-bond donors (Lipinski definition) is 3. The van der Waals surface area contributed by atoms with E-state index in [9.17, 15) is 19.4 Å². The van der Waals surface area contributed by atoms with Gasteiger partial charge in [-0.2, -0.15) is 0 Å². The van der Waals surface area contributed by atoms with Crippen molar-refractivity contribution in [2.45, 2.75) is 238 Å². The van der Waals surface area contributed by atoms with Crippen molar-refractivity contribution < 1.29 is 32.9 Å². The van der Waals surface area contributed by atoms with Crippen LogP contribution in [0.1, 0.15) is 226 Å². The monoisotopic (exact) mass is 1140 g/mol. The molecule has 0 saturated carbocycles. The summed E-state index contributed by atoms with van der Waals surface area (Å²) in [5, 5.41) is 13.9. The third-order valence-corrected chi connectivity index (χ3v) is 14.1. The summed E-state index contributed by atoms with van der Waals surface area (Å²) in [4.78, 5) is 23.3. The number of allylic oxidation sites excluding steroid dienone is 27. The first kappa shape index (κ1) is 76.9. The van der Waals surface area contributed by atoms with E-state index in [0.717, 1.165) is 116 Å². The van der Waals surface area contributed by atoms with Crippen LogP contribution in [0.15, 0.2) is 170 Å². The van der Waals surface area contributed by atoms with Crippen LogP contribution in [-0.4, -0.2) is 73.4 Å². The lowest BCUT2D eigenvalue weighted by atomic mass is 10.0. The molecular weight excluding hydrogens is 1020 g/mol. The SMILES string of the molecule is CC/C=C\C/C=C\C/C=C\C/C=C\C/C=C\C/C=C\C/C=C\C/C=C\C/C=C\C/C=C\C/C=C\CCCCCC(=O)NC(COP(=O)(O)OCC[N+](C)(C)C)C(O)/C=C/CC/C=C/CC/C=C/CCCCCCCCCCCCCC. The molecule has 0 bridgehead atoms. The first-order valence-electron chi connectivity index (χ1n) is 32.0. The lowest BCUT2D eigenvalue weighted by Gasteiger charge is -2.25. The minimum atomic E-state index is -4.39. The van der Waals surface area contributed by atoms with Gasteiger partial charge >= 0.3 is 7.82 Å². The highest BCUT2D eigenvalue weighted by Gasteiger charge is 2.27. The maximum atomic E-state index is 13.0. The highest BCUT2D eigenvalue weighted by molar-refractivity contribution is 7.47. The summed E-state index contributed by atoms with van der Waals surface area (Å²) >= 11 is 0. The fraction of sp³-hybridized carbons (Fsp3) is 0.597. The molecule has 0 aliphatic carbocycles. The van der Waals surface area contributed by atoms with Gasteiger partial charge in [0.15, 0.2) is 0 Å². The van der Waals surface area contributed by atoms with E-state index < -0.39 is 20.0 Å². The molecule has 0 aromatic rings.